The molecule has 0 saturated carbocycles. The van der Waals surface area contributed by atoms with Crippen molar-refractivity contribution in [2.24, 2.45) is 0 Å². The van der Waals surface area contributed by atoms with Crippen LogP contribution < -0.4 is 10.6 Å². The van der Waals surface area contributed by atoms with Crippen LogP contribution in [0.5, 0.6) is 0 Å². The van der Waals surface area contributed by atoms with Gasteiger partial charge >= 0.3 is 0 Å². The molecule has 0 spiro atoms. The summed E-state index contributed by atoms with van der Waals surface area (Å²) in [7, 11) is 0. The number of hydrogen-bond donors (Lipinski definition) is 2. The summed E-state index contributed by atoms with van der Waals surface area (Å²) >= 11 is 5.94. The molecule has 0 aliphatic carbocycles. The summed E-state index contributed by atoms with van der Waals surface area (Å²) < 4.78 is 5.39. The molecule has 0 unspecified atom stereocenters. The van der Waals surface area contributed by atoms with Gasteiger partial charge in [-0.3, -0.25) is 9.59 Å². The number of halogens is 1. The average molecular weight is 311 g/mol. The Labute approximate surface area is 129 Å². The highest BCUT2D eigenvalue weighted by molar-refractivity contribution is 6.33. The first-order valence-electron chi connectivity index (χ1n) is 7.10. The van der Waals surface area contributed by atoms with Crippen LogP contribution in [0.1, 0.15) is 29.6 Å². The van der Waals surface area contributed by atoms with Gasteiger partial charge < -0.3 is 15.4 Å². The molecule has 1 aromatic rings. The fourth-order valence-corrected chi connectivity index (χ4v) is 2.39. The number of rotatable bonds is 5. The first-order valence-corrected chi connectivity index (χ1v) is 7.48. The van der Waals surface area contributed by atoms with Gasteiger partial charge in [0, 0.05) is 19.7 Å². The van der Waals surface area contributed by atoms with Gasteiger partial charge in [0.1, 0.15) is 6.10 Å². The molecule has 5 nitrogen and oxygen atoms in total. The summed E-state index contributed by atoms with van der Waals surface area (Å²) in [6.45, 7) is 1.36. The fourth-order valence-electron chi connectivity index (χ4n) is 2.16. The van der Waals surface area contributed by atoms with E-state index in [9.17, 15) is 9.59 Å². The molecule has 1 heterocycles. The van der Waals surface area contributed by atoms with Gasteiger partial charge in [0.25, 0.3) is 5.91 Å². The third-order valence-electron chi connectivity index (χ3n) is 3.30. The Morgan fingerprint density at radius 3 is 2.67 bits per heavy atom. The molecule has 0 radical (unpaired) electrons. The first kappa shape index (κ1) is 15.8. The molecule has 1 aromatic carbocycles. The molecule has 114 valence electrons. The van der Waals surface area contributed by atoms with Gasteiger partial charge in [-0.05, 0) is 31.4 Å². The lowest BCUT2D eigenvalue weighted by molar-refractivity contribution is -0.135. The maximum absolute atomic E-state index is 11.9. The Balaban J connectivity index is 1.68. The van der Waals surface area contributed by atoms with Crippen LogP contribution in [0.25, 0.3) is 0 Å². The largest absolute Gasteiger partial charge is 0.368 e. The van der Waals surface area contributed by atoms with E-state index in [1.165, 1.54) is 0 Å². The van der Waals surface area contributed by atoms with E-state index < -0.39 is 0 Å². The molecule has 1 aliphatic heterocycles. The minimum absolute atomic E-state index is 0.110. The Morgan fingerprint density at radius 2 is 1.95 bits per heavy atom. The number of ether oxygens (including phenoxy) is 1. The van der Waals surface area contributed by atoms with Gasteiger partial charge in [0.2, 0.25) is 5.91 Å². The van der Waals surface area contributed by atoms with Gasteiger partial charge in [-0.15, -0.1) is 0 Å². The summed E-state index contributed by atoms with van der Waals surface area (Å²) in [5.41, 5.74) is 0.432. The zero-order chi connectivity index (χ0) is 15.1. The molecule has 21 heavy (non-hydrogen) atoms. The van der Waals surface area contributed by atoms with E-state index in [1.54, 1.807) is 24.3 Å². The van der Waals surface area contributed by atoms with Crippen molar-refractivity contribution in [1.29, 1.82) is 0 Å². The van der Waals surface area contributed by atoms with Crippen molar-refractivity contribution in [3.8, 4) is 0 Å². The summed E-state index contributed by atoms with van der Waals surface area (Å²) in [5, 5.41) is 5.89. The maximum atomic E-state index is 11.9. The average Bonchev–Trinajstić information content (AvgIpc) is 2.52. The Morgan fingerprint density at radius 1 is 1.19 bits per heavy atom. The lowest BCUT2D eigenvalue weighted by Crippen LogP contribution is -2.41. The standard InChI is InChI=1S/C15H19ClN2O3/c16-12-6-2-1-5-11(12)14(19)17-8-9-18-15(20)13-7-3-4-10-21-13/h1-2,5-6,13H,3-4,7-10H2,(H,17,19)(H,18,20)/t13-/m1/s1. The van der Waals surface area contributed by atoms with Crippen LogP contribution in [-0.2, 0) is 9.53 Å². The SMILES string of the molecule is O=C(NCCNC(=O)[C@H]1CCCCO1)c1ccccc1Cl. The van der Waals surface area contributed by atoms with Gasteiger partial charge in [0.15, 0.2) is 0 Å². The minimum atomic E-state index is -0.349. The molecular weight excluding hydrogens is 292 g/mol. The second kappa shape index (κ2) is 8.00. The molecule has 2 N–H and O–H groups in total. The number of hydrogen-bond acceptors (Lipinski definition) is 3. The Hall–Kier alpha value is -1.59. The van der Waals surface area contributed by atoms with E-state index in [0.29, 0.717) is 30.3 Å². The molecule has 1 aliphatic rings. The van der Waals surface area contributed by atoms with Crippen LogP contribution in [0, 0.1) is 0 Å². The number of carbonyl (C=O) groups excluding carboxylic acids is 2. The first-order chi connectivity index (χ1) is 10.2. The van der Waals surface area contributed by atoms with Crippen molar-refractivity contribution in [1.82, 2.24) is 10.6 Å². The number of carbonyl (C=O) groups is 2. The van der Waals surface area contributed by atoms with E-state index in [4.69, 9.17) is 16.3 Å². The van der Waals surface area contributed by atoms with Crippen molar-refractivity contribution >= 4 is 23.4 Å². The van der Waals surface area contributed by atoms with E-state index in [-0.39, 0.29) is 17.9 Å². The van der Waals surface area contributed by atoms with Crippen LogP contribution >= 0.6 is 11.6 Å². The topological polar surface area (TPSA) is 67.4 Å². The summed E-state index contributed by atoms with van der Waals surface area (Å²) in [6, 6.07) is 6.84. The van der Waals surface area contributed by atoms with Crippen molar-refractivity contribution in [3.05, 3.63) is 34.9 Å². The van der Waals surface area contributed by atoms with E-state index in [0.717, 1.165) is 19.3 Å². The second-order valence-electron chi connectivity index (χ2n) is 4.88. The highest BCUT2D eigenvalue weighted by Crippen LogP contribution is 2.14. The predicted molar refractivity (Wildman–Crippen MR) is 80.4 cm³/mol. The molecule has 1 saturated heterocycles. The zero-order valence-electron chi connectivity index (χ0n) is 11.7. The third-order valence-corrected chi connectivity index (χ3v) is 3.63. The molecule has 0 bridgehead atoms. The molecule has 0 aromatic heterocycles. The zero-order valence-corrected chi connectivity index (χ0v) is 12.5. The fraction of sp³-hybridized carbons (Fsp3) is 0.467. The molecule has 6 heteroatoms. The van der Waals surface area contributed by atoms with Crippen LogP contribution in [0.2, 0.25) is 5.02 Å². The number of nitrogens with one attached hydrogen (secondary N) is 2. The Bertz CT molecular complexity index is 501. The highest BCUT2D eigenvalue weighted by Gasteiger charge is 2.21. The van der Waals surface area contributed by atoms with E-state index >= 15 is 0 Å². The third kappa shape index (κ3) is 4.72. The van der Waals surface area contributed by atoms with Crippen molar-refractivity contribution in [2.75, 3.05) is 19.7 Å². The van der Waals surface area contributed by atoms with Crippen molar-refractivity contribution in [2.45, 2.75) is 25.4 Å². The van der Waals surface area contributed by atoms with Gasteiger partial charge in [-0.1, -0.05) is 23.7 Å². The monoisotopic (exact) mass is 310 g/mol. The normalized spacial score (nSPS) is 18.0. The van der Waals surface area contributed by atoms with E-state index in [1.807, 2.05) is 0 Å². The summed E-state index contributed by atoms with van der Waals surface area (Å²) in [6.07, 6.45) is 2.44. The lowest BCUT2D eigenvalue weighted by atomic mass is 10.1. The van der Waals surface area contributed by atoms with Crippen LogP contribution in [0.4, 0.5) is 0 Å². The van der Waals surface area contributed by atoms with Crippen LogP contribution in [-0.4, -0.2) is 37.6 Å². The van der Waals surface area contributed by atoms with Gasteiger partial charge in [-0.25, -0.2) is 0 Å². The Kier molecular flexibility index (Phi) is 6.02. The second-order valence-corrected chi connectivity index (χ2v) is 5.29. The summed E-state index contributed by atoms with van der Waals surface area (Å²) in [5.74, 6) is -0.356. The van der Waals surface area contributed by atoms with Crippen LogP contribution in [0.3, 0.4) is 0 Å². The predicted octanol–water partition coefficient (Wildman–Crippen LogP) is 1.76. The molecular formula is C15H19ClN2O3. The van der Waals surface area contributed by atoms with Crippen LogP contribution in [0.15, 0.2) is 24.3 Å². The van der Waals surface area contributed by atoms with Gasteiger partial charge in [0.05, 0.1) is 10.6 Å². The molecule has 2 amide bonds. The molecule has 1 atom stereocenters. The van der Waals surface area contributed by atoms with E-state index in [2.05, 4.69) is 10.6 Å². The number of benzene rings is 1. The molecule has 2 rings (SSSR count). The summed E-state index contributed by atoms with van der Waals surface area (Å²) in [4.78, 5) is 23.7. The smallest absolute Gasteiger partial charge is 0.252 e. The maximum Gasteiger partial charge on any atom is 0.252 e. The number of amides is 2. The quantitative estimate of drug-likeness (QED) is 0.814. The van der Waals surface area contributed by atoms with Crippen molar-refractivity contribution in [3.63, 3.8) is 0 Å². The van der Waals surface area contributed by atoms with Crippen molar-refractivity contribution < 1.29 is 14.3 Å². The van der Waals surface area contributed by atoms with Gasteiger partial charge in [-0.2, -0.15) is 0 Å². The molecule has 1 fully saturated rings. The lowest BCUT2D eigenvalue weighted by Gasteiger charge is -2.21. The minimum Gasteiger partial charge on any atom is -0.368 e. The highest BCUT2D eigenvalue weighted by atomic mass is 35.5.